The lowest BCUT2D eigenvalue weighted by molar-refractivity contribution is 0.138. The first-order valence-corrected chi connectivity index (χ1v) is 4.68. The highest BCUT2D eigenvalue weighted by atomic mass is 32.2. The summed E-state index contributed by atoms with van der Waals surface area (Å²) in [4.78, 5) is 0. The number of hydrogen-bond acceptors (Lipinski definition) is 3. The second-order valence-corrected chi connectivity index (χ2v) is 3.64. The van der Waals surface area contributed by atoms with Gasteiger partial charge in [0.2, 0.25) is 0 Å². The smallest absolute Gasteiger partial charge is 0.0633 e. The van der Waals surface area contributed by atoms with Gasteiger partial charge in [-0.15, -0.1) is 0 Å². The number of ether oxygens (including phenoxy) is 1. The molecule has 62 valence electrons. The number of nitrogens with two attached hydrogens (primary N) is 1. The van der Waals surface area contributed by atoms with E-state index in [1.54, 1.807) is 7.11 Å². The Bertz CT molecular complexity index is 78.0. The van der Waals surface area contributed by atoms with Crippen molar-refractivity contribution in [2.24, 2.45) is 5.73 Å². The highest BCUT2D eigenvalue weighted by Crippen LogP contribution is 2.05. The summed E-state index contributed by atoms with van der Waals surface area (Å²) in [6.07, 6.45) is 0.351. The Kier molecular flexibility index (Phi) is 6.17. The molecule has 0 bridgehead atoms. The van der Waals surface area contributed by atoms with Crippen molar-refractivity contribution in [1.82, 2.24) is 0 Å². The van der Waals surface area contributed by atoms with Crippen molar-refractivity contribution < 1.29 is 4.74 Å². The first kappa shape index (κ1) is 10.3. The molecule has 0 rings (SSSR count). The van der Waals surface area contributed by atoms with Crippen LogP contribution in [0.25, 0.3) is 0 Å². The fraction of sp³-hybridized carbons (Fsp3) is 1.00. The van der Waals surface area contributed by atoms with E-state index in [4.69, 9.17) is 10.5 Å². The maximum absolute atomic E-state index is 5.56. The molecule has 0 heterocycles. The second-order valence-electron chi connectivity index (χ2n) is 2.56. The highest BCUT2D eigenvalue weighted by molar-refractivity contribution is 7.99. The van der Waals surface area contributed by atoms with Crippen molar-refractivity contribution in [3.05, 3.63) is 0 Å². The van der Waals surface area contributed by atoms with Gasteiger partial charge in [-0.05, 0) is 13.8 Å². The Morgan fingerprint density at radius 3 is 2.40 bits per heavy atom. The Morgan fingerprint density at radius 2 is 2.00 bits per heavy atom. The number of thioether (sulfide) groups is 1. The molecule has 0 spiro atoms. The molecule has 0 amide bonds. The normalized spacial score (nSPS) is 16.8. The predicted molar refractivity (Wildman–Crippen MR) is 47.4 cm³/mol. The lowest BCUT2D eigenvalue weighted by atomic mass is 10.4. The summed E-state index contributed by atoms with van der Waals surface area (Å²) >= 11 is 1.84. The summed E-state index contributed by atoms with van der Waals surface area (Å²) in [6.45, 7) is 4.08. The van der Waals surface area contributed by atoms with Crippen LogP contribution in [0, 0.1) is 0 Å². The lowest BCUT2D eigenvalue weighted by Gasteiger charge is -2.09. The van der Waals surface area contributed by atoms with Gasteiger partial charge >= 0.3 is 0 Å². The largest absolute Gasteiger partial charge is 0.381 e. The van der Waals surface area contributed by atoms with Gasteiger partial charge in [-0.3, -0.25) is 0 Å². The predicted octanol–water partition coefficient (Wildman–Crippen LogP) is 1.10. The molecule has 0 aromatic heterocycles. The van der Waals surface area contributed by atoms with Crippen molar-refractivity contribution in [3.8, 4) is 0 Å². The van der Waals surface area contributed by atoms with Crippen LogP contribution in [0.1, 0.15) is 13.8 Å². The van der Waals surface area contributed by atoms with Crippen LogP contribution in [0.15, 0.2) is 0 Å². The van der Waals surface area contributed by atoms with Gasteiger partial charge in [0.05, 0.1) is 6.10 Å². The molecule has 0 saturated carbocycles. The van der Waals surface area contributed by atoms with Gasteiger partial charge in [0.15, 0.2) is 0 Å². The third kappa shape index (κ3) is 6.39. The molecule has 0 aromatic rings. The fourth-order valence-electron chi connectivity index (χ4n) is 0.488. The topological polar surface area (TPSA) is 35.2 Å². The zero-order chi connectivity index (χ0) is 7.98. The van der Waals surface area contributed by atoms with Crippen LogP contribution in [0.5, 0.6) is 0 Å². The van der Waals surface area contributed by atoms with Crippen LogP contribution in [0.4, 0.5) is 0 Å². The quantitative estimate of drug-likeness (QED) is 0.659. The molecular weight excluding hydrogens is 146 g/mol. The van der Waals surface area contributed by atoms with E-state index in [1.807, 2.05) is 18.7 Å². The van der Waals surface area contributed by atoms with E-state index in [0.717, 1.165) is 11.5 Å². The number of hydrogen-bond donors (Lipinski definition) is 1. The molecule has 0 aliphatic heterocycles. The summed E-state index contributed by atoms with van der Waals surface area (Å²) < 4.78 is 5.07. The minimum atomic E-state index is 0.300. The molecule has 0 saturated heterocycles. The van der Waals surface area contributed by atoms with Gasteiger partial charge in [0.1, 0.15) is 0 Å². The van der Waals surface area contributed by atoms with Crippen molar-refractivity contribution >= 4 is 11.8 Å². The maximum atomic E-state index is 5.56. The van der Waals surface area contributed by atoms with Crippen LogP contribution in [0.3, 0.4) is 0 Å². The summed E-state index contributed by atoms with van der Waals surface area (Å²) in [5.41, 5.74) is 5.56. The summed E-state index contributed by atoms with van der Waals surface area (Å²) in [5, 5.41) is 0. The summed E-state index contributed by atoms with van der Waals surface area (Å²) in [6, 6.07) is 0.300. The number of rotatable bonds is 5. The van der Waals surface area contributed by atoms with Crippen LogP contribution >= 0.6 is 11.8 Å². The van der Waals surface area contributed by atoms with Crippen LogP contribution in [-0.4, -0.2) is 30.8 Å². The Hall–Kier alpha value is 0.270. The standard InChI is InChI=1S/C7H17NOS/c1-6(8)4-10-5-7(2)9-3/h6-7H,4-5,8H2,1-3H3. The molecule has 10 heavy (non-hydrogen) atoms. The van der Waals surface area contributed by atoms with Gasteiger partial charge in [0, 0.05) is 24.7 Å². The number of methoxy groups -OCH3 is 1. The van der Waals surface area contributed by atoms with E-state index < -0.39 is 0 Å². The Morgan fingerprint density at radius 1 is 1.40 bits per heavy atom. The molecular formula is C7H17NOS. The zero-order valence-corrected chi connectivity index (χ0v) is 7.78. The third-order valence-corrected chi connectivity index (χ3v) is 2.60. The third-order valence-electron chi connectivity index (χ3n) is 1.14. The fourth-order valence-corrected chi connectivity index (χ4v) is 1.46. The van der Waals surface area contributed by atoms with Crippen molar-refractivity contribution in [2.75, 3.05) is 18.6 Å². The molecule has 0 aliphatic carbocycles. The molecule has 0 aliphatic rings. The Balaban J connectivity index is 3.03. The Labute approximate surface area is 67.5 Å². The molecule has 0 fully saturated rings. The SMILES string of the molecule is COC(C)CSCC(C)N. The average Bonchev–Trinajstić information content (AvgIpc) is 1.87. The van der Waals surface area contributed by atoms with Gasteiger partial charge in [0.25, 0.3) is 0 Å². The molecule has 2 atom stereocenters. The van der Waals surface area contributed by atoms with E-state index in [9.17, 15) is 0 Å². The summed E-state index contributed by atoms with van der Waals surface area (Å²) in [5.74, 6) is 2.06. The lowest BCUT2D eigenvalue weighted by Crippen LogP contribution is -2.19. The van der Waals surface area contributed by atoms with Crippen molar-refractivity contribution in [3.63, 3.8) is 0 Å². The zero-order valence-electron chi connectivity index (χ0n) is 6.96. The van der Waals surface area contributed by atoms with Gasteiger partial charge < -0.3 is 10.5 Å². The average molecular weight is 163 g/mol. The minimum Gasteiger partial charge on any atom is -0.381 e. The van der Waals surface area contributed by atoms with E-state index >= 15 is 0 Å². The van der Waals surface area contributed by atoms with Crippen LogP contribution < -0.4 is 5.73 Å². The first-order valence-electron chi connectivity index (χ1n) is 3.53. The van der Waals surface area contributed by atoms with Crippen molar-refractivity contribution in [1.29, 1.82) is 0 Å². The maximum Gasteiger partial charge on any atom is 0.0633 e. The molecule has 0 aromatic carbocycles. The van der Waals surface area contributed by atoms with E-state index in [0.29, 0.717) is 12.1 Å². The van der Waals surface area contributed by atoms with E-state index in [-0.39, 0.29) is 0 Å². The molecule has 2 unspecified atom stereocenters. The second kappa shape index (κ2) is 6.01. The minimum absolute atomic E-state index is 0.300. The molecule has 0 radical (unpaired) electrons. The van der Waals surface area contributed by atoms with Crippen LogP contribution in [-0.2, 0) is 4.74 Å². The van der Waals surface area contributed by atoms with Gasteiger partial charge in [-0.1, -0.05) is 0 Å². The summed E-state index contributed by atoms with van der Waals surface area (Å²) in [7, 11) is 1.73. The monoisotopic (exact) mass is 163 g/mol. The first-order chi connectivity index (χ1) is 4.66. The van der Waals surface area contributed by atoms with Crippen LogP contribution in [0.2, 0.25) is 0 Å². The van der Waals surface area contributed by atoms with E-state index in [1.165, 1.54) is 0 Å². The van der Waals surface area contributed by atoms with Crippen molar-refractivity contribution in [2.45, 2.75) is 26.0 Å². The van der Waals surface area contributed by atoms with Gasteiger partial charge in [-0.2, -0.15) is 11.8 Å². The molecule has 3 heteroatoms. The molecule has 2 N–H and O–H groups in total. The van der Waals surface area contributed by atoms with Gasteiger partial charge in [-0.25, -0.2) is 0 Å². The highest BCUT2D eigenvalue weighted by Gasteiger charge is 1.99. The molecule has 2 nitrogen and oxygen atoms in total. The van der Waals surface area contributed by atoms with E-state index in [2.05, 4.69) is 6.92 Å².